The highest BCUT2D eigenvalue weighted by Gasteiger charge is 2.27. The Bertz CT molecular complexity index is 950. The SMILES string of the molecule is Cc1ccc([C@H](CNC(=O)c2ccc(N3CCOCC3)c([N+](=O)[O-])c2)N2CCOCC2)o1. The van der Waals surface area contributed by atoms with Gasteiger partial charge in [-0.2, -0.15) is 0 Å². The number of hydrogen-bond donors (Lipinski definition) is 1. The first-order chi connectivity index (χ1) is 15.5. The predicted molar refractivity (Wildman–Crippen MR) is 117 cm³/mol. The highest BCUT2D eigenvalue weighted by atomic mass is 16.6. The highest BCUT2D eigenvalue weighted by Crippen LogP contribution is 2.30. The average Bonchev–Trinajstić information content (AvgIpc) is 3.25. The molecule has 0 spiro atoms. The largest absolute Gasteiger partial charge is 0.465 e. The molecule has 3 heterocycles. The summed E-state index contributed by atoms with van der Waals surface area (Å²) in [4.78, 5) is 28.3. The minimum absolute atomic E-state index is 0.0778. The number of ether oxygens (including phenoxy) is 2. The summed E-state index contributed by atoms with van der Waals surface area (Å²) in [5, 5.41) is 14.6. The number of anilines is 1. The van der Waals surface area contributed by atoms with Crippen LogP contribution < -0.4 is 10.2 Å². The quantitative estimate of drug-likeness (QED) is 0.511. The zero-order valence-electron chi connectivity index (χ0n) is 18.1. The summed E-state index contributed by atoms with van der Waals surface area (Å²) in [6.45, 7) is 7.13. The van der Waals surface area contributed by atoms with Crippen molar-refractivity contribution in [2.24, 2.45) is 0 Å². The van der Waals surface area contributed by atoms with Gasteiger partial charge in [0.05, 0.1) is 37.4 Å². The molecule has 4 rings (SSSR count). The molecule has 0 aliphatic carbocycles. The third-order valence-electron chi connectivity index (χ3n) is 5.82. The topological polar surface area (TPSA) is 110 Å². The van der Waals surface area contributed by atoms with Crippen molar-refractivity contribution in [1.29, 1.82) is 0 Å². The van der Waals surface area contributed by atoms with Crippen molar-refractivity contribution in [2.75, 3.05) is 64.1 Å². The van der Waals surface area contributed by atoms with Gasteiger partial charge in [-0.15, -0.1) is 0 Å². The Balaban J connectivity index is 1.49. The summed E-state index contributed by atoms with van der Waals surface area (Å²) in [6.07, 6.45) is 0. The first-order valence-electron chi connectivity index (χ1n) is 10.8. The molecule has 2 aliphatic heterocycles. The molecule has 1 aromatic carbocycles. The van der Waals surface area contributed by atoms with Crippen molar-refractivity contribution >= 4 is 17.3 Å². The monoisotopic (exact) mass is 444 g/mol. The van der Waals surface area contributed by atoms with E-state index in [4.69, 9.17) is 13.9 Å². The summed E-state index contributed by atoms with van der Waals surface area (Å²) in [6, 6.07) is 8.31. The van der Waals surface area contributed by atoms with E-state index >= 15 is 0 Å². The van der Waals surface area contributed by atoms with Gasteiger partial charge in [0, 0.05) is 44.4 Å². The fraction of sp³-hybridized carbons (Fsp3) is 0.500. The second kappa shape index (κ2) is 10.1. The van der Waals surface area contributed by atoms with E-state index in [0.717, 1.165) is 24.6 Å². The van der Waals surface area contributed by atoms with E-state index in [1.165, 1.54) is 6.07 Å². The molecule has 1 amide bonds. The maximum absolute atomic E-state index is 12.9. The van der Waals surface area contributed by atoms with Crippen LogP contribution in [0.5, 0.6) is 0 Å². The van der Waals surface area contributed by atoms with Crippen LogP contribution in [0.15, 0.2) is 34.7 Å². The van der Waals surface area contributed by atoms with Crippen LogP contribution in [-0.4, -0.2) is 74.9 Å². The van der Waals surface area contributed by atoms with Gasteiger partial charge >= 0.3 is 0 Å². The molecular formula is C22H28N4O6. The lowest BCUT2D eigenvalue weighted by molar-refractivity contribution is -0.384. The fourth-order valence-corrected chi connectivity index (χ4v) is 4.11. The average molecular weight is 444 g/mol. The number of benzene rings is 1. The van der Waals surface area contributed by atoms with Crippen molar-refractivity contribution < 1.29 is 23.6 Å². The Kier molecular flexibility index (Phi) is 7.03. The summed E-state index contributed by atoms with van der Waals surface area (Å²) >= 11 is 0. The van der Waals surface area contributed by atoms with Gasteiger partial charge in [0.25, 0.3) is 11.6 Å². The lowest BCUT2D eigenvalue weighted by Crippen LogP contribution is -2.43. The van der Waals surface area contributed by atoms with E-state index in [0.29, 0.717) is 51.7 Å². The number of rotatable bonds is 7. The Morgan fingerprint density at radius 2 is 1.78 bits per heavy atom. The first-order valence-corrected chi connectivity index (χ1v) is 10.8. The number of nitrogens with zero attached hydrogens (tertiary/aromatic N) is 3. The molecule has 2 aromatic rings. The number of nitrogens with one attached hydrogen (secondary N) is 1. The van der Waals surface area contributed by atoms with Gasteiger partial charge in [0.15, 0.2) is 0 Å². The minimum atomic E-state index is -0.441. The van der Waals surface area contributed by atoms with Crippen LogP contribution in [0.3, 0.4) is 0 Å². The van der Waals surface area contributed by atoms with E-state index in [-0.39, 0.29) is 23.2 Å². The first kappa shape index (κ1) is 22.3. The molecule has 172 valence electrons. The van der Waals surface area contributed by atoms with Gasteiger partial charge in [-0.3, -0.25) is 19.8 Å². The van der Waals surface area contributed by atoms with Gasteiger partial charge < -0.3 is 24.1 Å². The zero-order valence-corrected chi connectivity index (χ0v) is 18.1. The molecule has 2 fully saturated rings. The van der Waals surface area contributed by atoms with Gasteiger partial charge in [-0.25, -0.2) is 0 Å². The molecule has 0 bridgehead atoms. The third kappa shape index (κ3) is 5.09. The molecule has 1 atom stereocenters. The lowest BCUT2D eigenvalue weighted by Gasteiger charge is -2.33. The van der Waals surface area contributed by atoms with E-state index < -0.39 is 4.92 Å². The molecule has 32 heavy (non-hydrogen) atoms. The summed E-state index contributed by atoms with van der Waals surface area (Å²) in [7, 11) is 0. The van der Waals surface area contributed by atoms with Gasteiger partial charge in [-0.05, 0) is 31.2 Å². The Morgan fingerprint density at radius 1 is 1.09 bits per heavy atom. The van der Waals surface area contributed by atoms with Crippen molar-refractivity contribution in [1.82, 2.24) is 10.2 Å². The molecule has 1 aromatic heterocycles. The molecule has 2 aliphatic rings. The number of carbonyl (C=O) groups excluding carboxylic acids is 1. The normalized spacial score (nSPS) is 18.3. The number of amides is 1. The van der Waals surface area contributed by atoms with Gasteiger partial charge in [0.2, 0.25) is 0 Å². The zero-order chi connectivity index (χ0) is 22.5. The number of morpholine rings is 2. The standard InChI is InChI=1S/C22H28N4O6/c1-16-2-5-21(32-16)20(25-8-12-31-13-9-25)15-23-22(27)17-3-4-18(19(14-17)26(28)29)24-6-10-30-11-7-24/h2-5,14,20H,6-13,15H2,1H3,(H,23,27)/t20-/m0/s1. The summed E-state index contributed by atoms with van der Waals surface area (Å²) < 4.78 is 16.6. The number of hydrogen-bond acceptors (Lipinski definition) is 8. The maximum atomic E-state index is 12.9. The van der Waals surface area contributed by atoms with Crippen LogP contribution in [0.4, 0.5) is 11.4 Å². The molecule has 10 nitrogen and oxygen atoms in total. The number of carbonyl (C=O) groups is 1. The number of nitro groups is 1. The van der Waals surface area contributed by atoms with Crippen LogP contribution in [0, 0.1) is 17.0 Å². The Hall–Kier alpha value is -2.95. The smallest absolute Gasteiger partial charge is 0.293 e. The van der Waals surface area contributed by atoms with Crippen LogP contribution in [0.2, 0.25) is 0 Å². The van der Waals surface area contributed by atoms with Crippen LogP contribution in [0.25, 0.3) is 0 Å². The molecule has 10 heteroatoms. The molecule has 1 N–H and O–H groups in total. The lowest BCUT2D eigenvalue weighted by atomic mass is 10.1. The van der Waals surface area contributed by atoms with Crippen LogP contribution in [0.1, 0.15) is 27.9 Å². The predicted octanol–water partition coefficient (Wildman–Crippen LogP) is 2.14. The van der Waals surface area contributed by atoms with Gasteiger partial charge in [0.1, 0.15) is 17.2 Å². The second-order valence-electron chi connectivity index (χ2n) is 7.88. The molecular weight excluding hydrogens is 416 g/mol. The number of aryl methyl sites for hydroxylation is 1. The summed E-state index contributed by atoms with van der Waals surface area (Å²) in [5.41, 5.74) is 0.683. The molecule has 0 saturated carbocycles. The van der Waals surface area contributed by atoms with Gasteiger partial charge in [-0.1, -0.05) is 0 Å². The Morgan fingerprint density at radius 3 is 2.41 bits per heavy atom. The maximum Gasteiger partial charge on any atom is 0.293 e. The number of furan rings is 1. The van der Waals surface area contributed by atoms with Crippen molar-refractivity contribution in [2.45, 2.75) is 13.0 Å². The van der Waals surface area contributed by atoms with Crippen molar-refractivity contribution in [3.05, 3.63) is 57.5 Å². The third-order valence-corrected chi connectivity index (χ3v) is 5.82. The number of nitro benzene ring substituents is 1. The molecule has 0 radical (unpaired) electrons. The Labute approximate surface area is 186 Å². The van der Waals surface area contributed by atoms with E-state index in [2.05, 4.69) is 10.2 Å². The van der Waals surface area contributed by atoms with Crippen molar-refractivity contribution in [3.8, 4) is 0 Å². The van der Waals surface area contributed by atoms with Crippen LogP contribution >= 0.6 is 0 Å². The fourth-order valence-electron chi connectivity index (χ4n) is 4.11. The van der Waals surface area contributed by atoms with Crippen molar-refractivity contribution in [3.63, 3.8) is 0 Å². The minimum Gasteiger partial charge on any atom is -0.465 e. The van der Waals surface area contributed by atoms with E-state index in [1.54, 1.807) is 12.1 Å². The summed E-state index contributed by atoms with van der Waals surface area (Å²) in [5.74, 6) is 1.22. The second-order valence-corrected chi connectivity index (χ2v) is 7.88. The van der Waals surface area contributed by atoms with E-state index in [1.807, 2.05) is 24.0 Å². The van der Waals surface area contributed by atoms with E-state index in [9.17, 15) is 14.9 Å². The molecule has 0 unspecified atom stereocenters. The van der Waals surface area contributed by atoms with Crippen LogP contribution in [-0.2, 0) is 9.47 Å². The highest BCUT2D eigenvalue weighted by molar-refractivity contribution is 5.95. The molecule has 2 saturated heterocycles.